The first kappa shape index (κ1) is 10.9. The predicted octanol–water partition coefficient (Wildman–Crippen LogP) is 2.97. The Morgan fingerprint density at radius 1 is 1.31 bits per heavy atom. The first-order chi connectivity index (χ1) is 7.70. The normalized spacial score (nSPS) is 15.9. The maximum atomic E-state index is 13.5. The zero-order chi connectivity index (χ0) is 11.5. The van der Waals surface area contributed by atoms with Gasteiger partial charge in [0.05, 0.1) is 7.11 Å². The van der Waals surface area contributed by atoms with E-state index in [1.165, 1.54) is 13.2 Å². The third-order valence-corrected chi connectivity index (χ3v) is 2.73. The number of ketones is 1. The maximum Gasteiger partial charge on any atom is 0.165 e. The van der Waals surface area contributed by atoms with Crippen molar-refractivity contribution in [3.8, 4) is 5.75 Å². The molecule has 0 aromatic heterocycles. The van der Waals surface area contributed by atoms with Gasteiger partial charge in [-0.05, 0) is 42.2 Å². The van der Waals surface area contributed by atoms with Crippen molar-refractivity contribution in [2.75, 3.05) is 7.11 Å². The van der Waals surface area contributed by atoms with Crippen molar-refractivity contribution in [2.24, 2.45) is 0 Å². The Hall–Kier alpha value is -1.64. The van der Waals surface area contributed by atoms with Gasteiger partial charge in [0.1, 0.15) is 0 Å². The lowest BCUT2D eigenvalue weighted by Crippen LogP contribution is -2.02. The topological polar surface area (TPSA) is 26.3 Å². The summed E-state index contributed by atoms with van der Waals surface area (Å²) in [5.41, 5.74) is 1.68. The number of benzene rings is 1. The molecule has 1 aromatic rings. The van der Waals surface area contributed by atoms with E-state index in [9.17, 15) is 9.18 Å². The molecule has 0 saturated carbocycles. The van der Waals surface area contributed by atoms with Gasteiger partial charge in [-0.2, -0.15) is 0 Å². The fraction of sp³-hybridized carbons (Fsp3) is 0.308. The van der Waals surface area contributed by atoms with Crippen molar-refractivity contribution in [1.82, 2.24) is 0 Å². The van der Waals surface area contributed by atoms with E-state index in [4.69, 9.17) is 4.74 Å². The number of rotatable bonds is 2. The van der Waals surface area contributed by atoms with Gasteiger partial charge in [0.2, 0.25) is 0 Å². The van der Waals surface area contributed by atoms with E-state index >= 15 is 0 Å². The van der Waals surface area contributed by atoms with Crippen molar-refractivity contribution in [3.05, 3.63) is 35.7 Å². The zero-order valence-electron chi connectivity index (χ0n) is 9.13. The first-order valence-electron chi connectivity index (χ1n) is 5.28. The maximum absolute atomic E-state index is 13.5. The highest BCUT2D eigenvalue weighted by Gasteiger charge is 2.13. The SMILES string of the molecule is COc1ccc(C2=CC(=O)CCC2)cc1F. The number of carbonyl (C=O) groups is 1. The van der Waals surface area contributed by atoms with E-state index in [0.717, 1.165) is 24.0 Å². The Labute approximate surface area is 93.7 Å². The molecule has 0 unspecified atom stereocenters. The Morgan fingerprint density at radius 3 is 2.75 bits per heavy atom. The predicted molar refractivity (Wildman–Crippen MR) is 59.8 cm³/mol. The second-order valence-electron chi connectivity index (χ2n) is 3.84. The molecule has 0 heterocycles. The van der Waals surface area contributed by atoms with Crippen molar-refractivity contribution in [1.29, 1.82) is 0 Å². The third-order valence-electron chi connectivity index (χ3n) is 2.73. The minimum Gasteiger partial charge on any atom is -0.494 e. The zero-order valence-corrected chi connectivity index (χ0v) is 9.13. The Kier molecular flexibility index (Phi) is 3.04. The lowest BCUT2D eigenvalue weighted by molar-refractivity contribution is -0.114. The molecule has 0 bridgehead atoms. The van der Waals surface area contributed by atoms with E-state index in [1.807, 2.05) is 0 Å². The van der Waals surface area contributed by atoms with Gasteiger partial charge in [-0.25, -0.2) is 4.39 Å². The summed E-state index contributed by atoms with van der Waals surface area (Å²) in [7, 11) is 1.43. The third kappa shape index (κ3) is 2.13. The summed E-state index contributed by atoms with van der Waals surface area (Å²) in [5, 5.41) is 0. The second-order valence-corrected chi connectivity index (χ2v) is 3.84. The van der Waals surface area contributed by atoms with Crippen LogP contribution in [0.1, 0.15) is 24.8 Å². The van der Waals surface area contributed by atoms with Gasteiger partial charge in [0.25, 0.3) is 0 Å². The van der Waals surface area contributed by atoms with Crippen LogP contribution in [-0.4, -0.2) is 12.9 Å². The van der Waals surface area contributed by atoms with Crippen LogP contribution in [0.5, 0.6) is 5.75 Å². The molecule has 0 aliphatic heterocycles. The number of carbonyl (C=O) groups excluding carboxylic acids is 1. The fourth-order valence-corrected chi connectivity index (χ4v) is 1.89. The molecule has 3 heteroatoms. The van der Waals surface area contributed by atoms with E-state index < -0.39 is 0 Å². The smallest absolute Gasteiger partial charge is 0.165 e. The average Bonchev–Trinajstić information content (AvgIpc) is 2.29. The van der Waals surface area contributed by atoms with Gasteiger partial charge in [-0.15, -0.1) is 0 Å². The standard InChI is InChI=1S/C13H13FO2/c1-16-13-6-5-10(8-12(13)14)9-3-2-4-11(15)7-9/h5-8H,2-4H2,1H3. The molecule has 84 valence electrons. The summed E-state index contributed by atoms with van der Waals surface area (Å²) >= 11 is 0. The van der Waals surface area contributed by atoms with Crippen molar-refractivity contribution in [2.45, 2.75) is 19.3 Å². The number of halogens is 1. The van der Waals surface area contributed by atoms with Crippen LogP contribution >= 0.6 is 0 Å². The van der Waals surface area contributed by atoms with Gasteiger partial charge in [-0.1, -0.05) is 6.07 Å². The Balaban J connectivity index is 2.34. The van der Waals surface area contributed by atoms with Gasteiger partial charge >= 0.3 is 0 Å². The van der Waals surface area contributed by atoms with Crippen LogP contribution in [0.2, 0.25) is 0 Å². The Bertz CT molecular complexity index is 449. The summed E-state index contributed by atoms with van der Waals surface area (Å²) < 4.78 is 18.3. The quantitative estimate of drug-likeness (QED) is 0.765. The second kappa shape index (κ2) is 4.47. The van der Waals surface area contributed by atoms with Crippen LogP contribution < -0.4 is 4.74 Å². The minimum atomic E-state index is -0.390. The van der Waals surface area contributed by atoms with Crippen LogP contribution in [-0.2, 0) is 4.79 Å². The molecule has 2 rings (SSSR count). The summed E-state index contributed by atoms with van der Waals surface area (Å²) in [5.74, 6) is -0.0390. The van der Waals surface area contributed by atoms with Crippen LogP contribution in [0.3, 0.4) is 0 Å². The highest BCUT2D eigenvalue weighted by molar-refractivity contribution is 5.98. The van der Waals surface area contributed by atoms with E-state index in [1.54, 1.807) is 18.2 Å². The van der Waals surface area contributed by atoms with Crippen molar-refractivity contribution >= 4 is 11.4 Å². The molecular weight excluding hydrogens is 207 g/mol. The molecule has 1 aliphatic rings. The summed E-state index contributed by atoms with van der Waals surface area (Å²) in [4.78, 5) is 11.3. The fourth-order valence-electron chi connectivity index (χ4n) is 1.89. The lowest BCUT2D eigenvalue weighted by atomic mass is 9.93. The van der Waals surface area contributed by atoms with Gasteiger partial charge < -0.3 is 4.74 Å². The Morgan fingerprint density at radius 2 is 2.12 bits per heavy atom. The number of ether oxygens (including phenoxy) is 1. The largest absolute Gasteiger partial charge is 0.494 e. The molecule has 0 atom stereocenters. The van der Waals surface area contributed by atoms with Crippen LogP contribution in [0.15, 0.2) is 24.3 Å². The van der Waals surface area contributed by atoms with E-state index in [0.29, 0.717) is 6.42 Å². The average molecular weight is 220 g/mol. The molecule has 0 saturated heterocycles. The van der Waals surface area contributed by atoms with E-state index in [-0.39, 0.29) is 17.3 Å². The molecule has 1 aromatic carbocycles. The monoisotopic (exact) mass is 220 g/mol. The number of hydrogen-bond acceptors (Lipinski definition) is 2. The number of methoxy groups -OCH3 is 1. The molecule has 0 radical (unpaired) electrons. The van der Waals surface area contributed by atoms with Crippen molar-refractivity contribution in [3.63, 3.8) is 0 Å². The highest BCUT2D eigenvalue weighted by atomic mass is 19.1. The molecule has 1 aliphatic carbocycles. The van der Waals surface area contributed by atoms with Crippen LogP contribution in [0.4, 0.5) is 4.39 Å². The molecule has 2 nitrogen and oxygen atoms in total. The van der Waals surface area contributed by atoms with Crippen LogP contribution in [0.25, 0.3) is 5.57 Å². The summed E-state index contributed by atoms with van der Waals surface area (Å²) in [6, 6.07) is 4.79. The molecule has 0 N–H and O–H groups in total. The summed E-state index contributed by atoms with van der Waals surface area (Å²) in [6.45, 7) is 0. The van der Waals surface area contributed by atoms with E-state index in [2.05, 4.69) is 0 Å². The molecule has 16 heavy (non-hydrogen) atoms. The van der Waals surface area contributed by atoms with Gasteiger partial charge in [0.15, 0.2) is 17.3 Å². The molecule has 0 amide bonds. The van der Waals surface area contributed by atoms with Crippen molar-refractivity contribution < 1.29 is 13.9 Å². The van der Waals surface area contributed by atoms with Gasteiger partial charge in [-0.3, -0.25) is 4.79 Å². The molecular formula is C13H13FO2. The summed E-state index contributed by atoms with van der Waals surface area (Å²) in [6.07, 6.45) is 3.89. The van der Waals surface area contributed by atoms with Crippen LogP contribution in [0, 0.1) is 5.82 Å². The highest BCUT2D eigenvalue weighted by Crippen LogP contribution is 2.28. The number of hydrogen-bond donors (Lipinski definition) is 0. The minimum absolute atomic E-state index is 0.123. The number of allylic oxidation sites excluding steroid dienone is 2. The lowest BCUT2D eigenvalue weighted by Gasteiger charge is -2.12. The first-order valence-corrected chi connectivity index (χ1v) is 5.28. The molecule has 0 spiro atoms. The van der Waals surface area contributed by atoms with Gasteiger partial charge in [0, 0.05) is 6.42 Å². The molecule has 0 fully saturated rings.